The van der Waals surface area contributed by atoms with Gasteiger partial charge < -0.3 is 19.1 Å². The van der Waals surface area contributed by atoms with Crippen molar-refractivity contribution in [2.45, 2.75) is 32.1 Å². The molecule has 202 valence electrons. The maximum absolute atomic E-state index is 13.6. The van der Waals surface area contributed by atoms with Gasteiger partial charge >= 0.3 is 12.1 Å². The van der Waals surface area contributed by atoms with E-state index in [0.29, 0.717) is 30.3 Å². The molecule has 2 heterocycles. The fourth-order valence-corrected chi connectivity index (χ4v) is 5.12. The summed E-state index contributed by atoms with van der Waals surface area (Å²) in [4.78, 5) is 54.1. The Morgan fingerprint density at radius 3 is 2.32 bits per heavy atom. The van der Waals surface area contributed by atoms with Gasteiger partial charge in [-0.25, -0.2) is 14.0 Å². The Balaban J connectivity index is 1.57. The van der Waals surface area contributed by atoms with Gasteiger partial charge in [0, 0.05) is 25.7 Å². The Bertz CT molecular complexity index is 1220. The number of carbonyl (C=O) groups excluding carboxylic acids is 4. The minimum absolute atomic E-state index is 0.113. The number of Topliss-reactive ketones (excluding diaryl/α,β-unsaturated/α-hetero) is 1. The number of methoxy groups -OCH3 is 2. The quantitative estimate of drug-likeness (QED) is 0.400. The number of rotatable bonds is 7. The lowest BCUT2D eigenvalue weighted by Gasteiger charge is -2.32. The summed E-state index contributed by atoms with van der Waals surface area (Å²) in [6.45, 7) is 2.74. The third-order valence-corrected chi connectivity index (χ3v) is 7.14. The molecule has 9 nitrogen and oxygen atoms in total. The summed E-state index contributed by atoms with van der Waals surface area (Å²) in [5.74, 6) is -2.75. The van der Waals surface area contributed by atoms with Crippen molar-refractivity contribution < 1.29 is 37.8 Å². The number of likely N-dealkylation sites (tertiary alicyclic amines) is 1. The number of fused-ring (bicyclic) bond motifs is 1. The first-order chi connectivity index (χ1) is 18.3. The fourth-order valence-electron chi connectivity index (χ4n) is 5.12. The van der Waals surface area contributed by atoms with Crippen LogP contribution < -0.4 is 9.64 Å². The molecule has 2 aliphatic rings. The summed E-state index contributed by atoms with van der Waals surface area (Å²) in [7, 11) is 2.54. The summed E-state index contributed by atoms with van der Waals surface area (Å²) in [6, 6.07) is 9.55. The lowest BCUT2D eigenvalue weighted by molar-refractivity contribution is -0.152. The van der Waals surface area contributed by atoms with Crippen molar-refractivity contribution in [3.05, 3.63) is 58.9 Å². The Labute approximate surface area is 220 Å². The average Bonchev–Trinajstić information content (AvgIpc) is 3.31. The van der Waals surface area contributed by atoms with E-state index in [1.165, 1.54) is 36.3 Å². The second-order valence-electron chi connectivity index (χ2n) is 9.40. The van der Waals surface area contributed by atoms with E-state index in [4.69, 9.17) is 9.47 Å². The Morgan fingerprint density at radius 1 is 1.03 bits per heavy atom. The van der Waals surface area contributed by atoms with Gasteiger partial charge in [0.25, 0.3) is 5.91 Å². The van der Waals surface area contributed by atoms with E-state index in [1.807, 2.05) is 0 Å². The van der Waals surface area contributed by atoms with E-state index in [0.717, 1.165) is 31.9 Å². The molecule has 2 aromatic carbocycles. The van der Waals surface area contributed by atoms with Crippen molar-refractivity contribution in [1.82, 2.24) is 4.90 Å². The fraction of sp³-hybridized carbons (Fsp3) is 0.429. The molecule has 0 N–H and O–H groups in total. The van der Waals surface area contributed by atoms with Crippen LogP contribution in [0.3, 0.4) is 0 Å². The van der Waals surface area contributed by atoms with Crippen LogP contribution in [0.5, 0.6) is 5.75 Å². The summed E-state index contributed by atoms with van der Waals surface area (Å²) < 4.78 is 28.5. The van der Waals surface area contributed by atoms with Crippen molar-refractivity contribution in [3.8, 4) is 5.75 Å². The number of halogens is 1. The molecule has 2 aliphatic heterocycles. The molecule has 0 bridgehead atoms. The highest BCUT2D eigenvalue weighted by Crippen LogP contribution is 2.42. The van der Waals surface area contributed by atoms with Crippen molar-refractivity contribution in [1.29, 1.82) is 0 Å². The number of benzene rings is 2. The van der Waals surface area contributed by atoms with E-state index >= 15 is 0 Å². The number of amides is 2. The normalized spacial score (nSPS) is 17.1. The van der Waals surface area contributed by atoms with Gasteiger partial charge in [0.15, 0.2) is 0 Å². The Kier molecular flexibility index (Phi) is 8.29. The molecular weight excluding hydrogens is 495 g/mol. The van der Waals surface area contributed by atoms with Crippen LogP contribution in [0.2, 0.25) is 0 Å². The molecule has 0 aromatic heterocycles. The molecule has 2 amide bonds. The van der Waals surface area contributed by atoms with Gasteiger partial charge in [-0.2, -0.15) is 0 Å². The first-order valence-electron chi connectivity index (χ1n) is 12.6. The van der Waals surface area contributed by atoms with Crippen LogP contribution in [-0.4, -0.2) is 69.1 Å². The molecule has 1 atom stereocenters. The summed E-state index contributed by atoms with van der Waals surface area (Å²) in [6.07, 6.45) is 1.72. The Morgan fingerprint density at radius 2 is 1.71 bits per heavy atom. The number of nitrogens with zero attached hydrogens (tertiary/aromatic N) is 2. The minimum Gasteiger partial charge on any atom is -0.496 e. The average molecular weight is 527 g/mol. The van der Waals surface area contributed by atoms with Crippen molar-refractivity contribution >= 4 is 29.4 Å². The van der Waals surface area contributed by atoms with E-state index in [9.17, 15) is 23.6 Å². The number of hydrogen-bond acceptors (Lipinski definition) is 7. The molecule has 1 saturated heterocycles. The lowest BCUT2D eigenvalue weighted by Crippen LogP contribution is -2.39. The highest BCUT2D eigenvalue weighted by molar-refractivity contribution is 6.36. The molecule has 0 radical (unpaired) electrons. The second-order valence-corrected chi connectivity index (χ2v) is 9.40. The van der Waals surface area contributed by atoms with E-state index in [1.54, 1.807) is 24.0 Å². The monoisotopic (exact) mass is 526 g/mol. The van der Waals surface area contributed by atoms with E-state index < -0.39 is 23.8 Å². The zero-order valence-corrected chi connectivity index (χ0v) is 21.7. The van der Waals surface area contributed by atoms with Crippen LogP contribution >= 0.6 is 0 Å². The van der Waals surface area contributed by atoms with Crippen LogP contribution in [0.4, 0.5) is 14.9 Å². The van der Waals surface area contributed by atoms with Gasteiger partial charge in [-0.3, -0.25) is 14.5 Å². The zero-order valence-electron chi connectivity index (χ0n) is 21.7. The lowest BCUT2D eigenvalue weighted by atomic mass is 9.89. The smallest absolute Gasteiger partial charge is 0.414 e. The second kappa shape index (κ2) is 11.6. The van der Waals surface area contributed by atoms with Crippen LogP contribution in [0, 0.1) is 11.7 Å². The maximum atomic E-state index is 13.6. The molecule has 4 rings (SSSR count). The first kappa shape index (κ1) is 27.1. The standard InChI is InChI=1S/C28H31FN2O7/c1-4-38-28(35)31-16-22(25(32)27(34)37-3)20-14-21(24(36-2)15-23(20)31)26(33)30-11-9-18(10-12-30)13-17-5-7-19(29)8-6-17/h5-8,14-15,18,22H,4,9-13,16H2,1-3H3. The van der Waals surface area contributed by atoms with Crippen LogP contribution in [0.25, 0.3) is 0 Å². The van der Waals surface area contributed by atoms with Gasteiger partial charge in [-0.05, 0) is 61.4 Å². The number of ether oxygens (including phenoxy) is 3. The Hall–Kier alpha value is -3.95. The first-order valence-corrected chi connectivity index (χ1v) is 12.6. The molecule has 0 saturated carbocycles. The number of hydrogen-bond donors (Lipinski definition) is 0. The zero-order chi connectivity index (χ0) is 27.4. The van der Waals surface area contributed by atoms with Gasteiger partial charge in [0.05, 0.1) is 38.0 Å². The topological polar surface area (TPSA) is 102 Å². The molecule has 0 spiro atoms. The number of ketones is 1. The van der Waals surface area contributed by atoms with Gasteiger partial charge in [-0.15, -0.1) is 0 Å². The number of piperidine rings is 1. The van der Waals surface area contributed by atoms with Crippen LogP contribution in [-0.2, 0) is 25.5 Å². The highest BCUT2D eigenvalue weighted by atomic mass is 19.1. The van der Waals surface area contributed by atoms with E-state index in [-0.39, 0.29) is 36.2 Å². The maximum Gasteiger partial charge on any atom is 0.414 e. The van der Waals surface area contributed by atoms with Gasteiger partial charge in [-0.1, -0.05) is 12.1 Å². The highest BCUT2D eigenvalue weighted by Gasteiger charge is 2.42. The number of esters is 1. The number of carbonyl (C=O) groups is 4. The summed E-state index contributed by atoms with van der Waals surface area (Å²) in [5, 5.41) is 0. The van der Waals surface area contributed by atoms with Crippen molar-refractivity contribution in [2.24, 2.45) is 5.92 Å². The molecular formula is C28H31FN2O7. The molecule has 1 unspecified atom stereocenters. The van der Waals surface area contributed by atoms with Gasteiger partial charge in [0.1, 0.15) is 11.6 Å². The van der Waals surface area contributed by atoms with Gasteiger partial charge in [0.2, 0.25) is 5.78 Å². The SMILES string of the molecule is CCOC(=O)N1CC(C(=O)C(=O)OC)c2cc(C(=O)N3CCC(Cc4ccc(F)cc4)CC3)c(OC)cc21. The predicted octanol–water partition coefficient (Wildman–Crippen LogP) is 3.73. The minimum atomic E-state index is -1.03. The third-order valence-electron chi connectivity index (χ3n) is 7.14. The largest absolute Gasteiger partial charge is 0.496 e. The molecule has 10 heteroatoms. The molecule has 0 aliphatic carbocycles. The molecule has 1 fully saturated rings. The predicted molar refractivity (Wildman–Crippen MR) is 136 cm³/mol. The number of anilines is 1. The summed E-state index contributed by atoms with van der Waals surface area (Å²) >= 11 is 0. The third kappa shape index (κ3) is 5.49. The molecule has 38 heavy (non-hydrogen) atoms. The van der Waals surface area contributed by atoms with Crippen molar-refractivity contribution in [2.75, 3.05) is 45.4 Å². The van der Waals surface area contributed by atoms with E-state index in [2.05, 4.69) is 4.74 Å². The van der Waals surface area contributed by atoms with Crippen molar-refractivity contribution in [3.63, 3.8) is 0 Å². The van der Waals surface area contributed by atoms with Crippen LogP contribution in [0.1, 0.15) is 47.2 Å². The van der Waals surface area contributed by atoms with Crippen LogP contribution in [0.15, 0.2) is 36.4 Å². The summed E-state index contributed by atoms with van der Waals surface area (Å²) in [5.41, 5.74) is 2.02. The molecule has 2 aromatic rings.